The van der Waals surface area contributed by atoms with Crippen LogP contribution in [-0.2, 0) is 4.74 Å². The number of nitrogens with zero attached hydrogens (tertiary/aromatic N) is 1. The summed E-state index contributed by atoms with van der Waals surface area (Å²) in [6, 6.07) is 7.90. The largest absolute Gasteiger partial charge is 0.383 e. The second-order valence-corrected chi connectivity index (χ2v) is 4.83. The van der Waals surface area contributed by atoms with Crippen LogP contribution in [0.2, 0.25) is 0 Å². The Kier molecular flexibility index (Phi) is 4.22. The number of nitrogens with one attached hydrogen (secondary N) is 1. The van der Waals surface area contributed by atoms with Crippen LogP contribution >= 0.6 is 0 Å². The van der Waals surface area contributed by atoms with E-state index in [0.29, 0.717) is 18.7 Å². The molecule has 4 nitrogen and oxygen atoms in total. The molecule has 0 bridgehead atoms. The Morgan fingerprint density at radius 2 is 2.16 bits per heavy atom. The van der Waals surface area contributed by atoms with Gasteiger partial charge in [0, 0.05) is 31.3 Å². The van der Waals surface area contributed by atoms with Crippen molar-refractivity contribution in [1.82, 2.24) is 9.88 Å². The number of fused-ring (bicyclic) bond motifs is 1. The molecule has 1 aromatic carbocycles. The van der Waals surface area contributed by atoms with Crippen LogP contribution in [0.3, 0.4) is 0 Å². The number of carbonyl (C=O) groups excluding carboxylic acids is 1. The van der Waals surface area contributed by atoms with Crippen LogP contribution < -0.4 is 0 Å². The molecule has 102 valence electrons. The topological polar surface area (TPSA) is 45.3 Å². The van der Waals surface area contributed by atoms with Crippen molar-refractivity contribution in [2.75, 3.05) is 20.3 Å². The smallest absolute Gasteiger partial charge is 0.256 e. The third-order valence-corrected chi connectivity index (χ3v) is 3.24. The number of aromatic amines is 1. The second kappa shape index (κ2) is 5.89. The van der Waals surface area contributed by atoms with Gasteiger partial charge in [-0.1, -0.05) is 12.1 Å². The van der Waals surface area contributed by atoms with E-state index < -0.39 is 0 Å². The molecule has 0 spiro atoms. The number of benzene rings is 1. The van der Waals surface area contributed by atoms with Crippen LogP contribution in [0, 0.1) is 0 Å². The molecule has 1 aromatic heterocycles. The Morgan fingerprint density at radius 3 is 2.84 bits per heavy atom. The first kappa shape index (κ1) is 13.6. The number of hydrogen-bond acceptors (Lipinski definition) is 2. The highest BCUT2D eigenvalue weighted by molar-refractivity contribution is 6.05. The van der Waals surface area contributed by atoms with Crippen molar-refractivity contribution < 1.29 is 9.53 Å². The van der Waals surface area contributed by atoms with E-state index >= 15 is 0 Å². The highest BCUT2D eigenvalue weighted by Crippen LogP contribution is 2.19. The highest BCUT2D eigenvalue weighted by Gasteiger charge is 2.20. The van der Waals surface area contributed by atoms with Crippen molar-refractivity contribution in [3.63, 3.8) is 0 Å². The first-order chi connectivity index (χ1) is 9.15. The molecule has 0 saturated carbocycles. The lowest BCUT2D eigenvalue weighted by molar-refractivity contribution is 0.0637. The normalized spacial score (nSPS) is 11.2. The average molecular weight is 260 g/mol. The van der Waals surface area contributed by atoms with E-state index in [9.17, 15) is 4.79 Å². The van der Waals surface area contributed by atoms with E-state index in [1.807, 2.05) is 49.2 Å². The minimum absolute atomic E-state index is 0.0418. The van der Waals surface area contributed by atoms with Gasteiger partial charge >= 0.3 is 0 Å². The van der Waals surface area contributed by atoms with Gasteiger partial charge in [-0.3, -0.25) is 4.79 Å². The lowest BCUT2D eigenvalue weighted by Gasteiger charge is -2.26. The second-order valence-electron chi connectivity index (χ2n) is 4.83. The molecule has 0 saturated heterocycles. The Hall–Kier alpha value is -1.81. The molecule has 0 fully saturated rings. The molecular formula is C15H20N2O2. The third kappa shape index (κ3) is 2.79. The quantitative estimate of drug-likeness (QED) is 0.898. The van der Waals surface area contributed by atoms with Crippen molar-refractivity contribution in [3.05, 3.63) is 36.0 Å². The molecule has 0 aliphatic heterocycles. The van der Waals surface area contributed by atoms with E-state index in [-0.39, 0.29) is 11.9 Å². The summed E-state index contributed by atoms with van der Waals surface area (Å²) in [7, 11) is 1.65. The van der Waals surface area contributed by atoms with Gasteiger partial charge < -0.3 is 14.6 Å². The molecule has 2 rings (SSSR count). The van der Waals surface area contributed by atoms with Crippen LogP contribution in [0.4, 0.5) is 0 Å². The third-order valence-electron chi connectivity index (χ3n) is 3.24. The fourth-order valence-electron chi connectivity index (χ4n) is 2.20. The Bertz CT molecular complexity index is 560. The van der Waals surface area contributed by atoms with Gasteiger partial charge in [-0.05, 0) is 26.0 Å². The molecule has 0 unspecified atom stereocenters. The number of aromatic nitrogens is 1. The molecule has 1 amide bonds. The Morgan fingerprint density at radius 1 is 1.37 bits per heavy atom. The minimum Gasteiger partial charge on any atom is -0.383 e. The zero-order valence-electron chi connectivity index (χ0n) is 11.6. The Labute approximate surface area is 113 Å². The van der Waals surface area contributed by atoms with Gasteiger partial charge in [0.25, 0.3) is 5.91 Å². The van der Waals surface area contributed by atoms with Crippen molar-refractivity contribution in [2.24, 2.45) is 0 Å². The maximum atomic E-state index is 12.7. The van der Waals surface area contributed by atoms with Crippen molar-refractivity contribution in [1.29, 1.82) is 0 Å². The summed E-state index contributed by atoms with van der Waals surface area (Å²) in [5, 5.41) is 1.06. The summed E-state index contributed by atoms with van der Waals surface area (Å²) in [6.45, 7) is 5.18. The minimum atomic E-state index is 0.0418. The Balaban J connectivity index is 2.33. The summed E-state index contributed by atoms with van der Waals surface area (Å²) in [5.41, 5.74) is 1.61. The monoisotopic (exact) mass is 260 g/mol. The van der Waals surface area contributed by atoms with Crippen LogP contribution in [-0.4, -0.2) is 42.1 Å². The molecule has 1 heterocycles. The number of amides is 1. The molecule has 19 heavy (non-hydrogen) atoms. The van der Waals surface area contributed by atoms with Crippen molar-refractivity contribution in [3.8, 4) is 0 Å². The van der Waals surface area contributed by atoms with Crippen molar-refractivity contribution >= 4 is 16.8 Å². The molecule has 0 aliphatic rings. The van der Waals surface area contributed by atoms with Gasteiger partial charge in [0.1, 0.15) is 0 Å². The van der Waals surface area contributed by atoms with Crippen LogP contribution in [0.25, 0.3) is 10.9 Å². The SMILES string of the molecule is COCCN(C(=O)c1cccc2cc[nH]c12)C(C)C. The molecule has 0 atom stereocenters. The molecule has 2 aromatic rings. The predicted octanol–water partition coefficient (Wildman–Crippen LogP) is 2.66. The van der Waals surface area contributed by atoms with Gasteiger partial charge in [-0.2, -0.15) is 0 Å². The van der Waals surface area contributed by atoms with Gasteiger partial charge in [-0.25, -0.2) is 0 Å². The standard InChI is InChI=1S/C15H20N2O2/c1-11(2)17(9-10-19-3)15(18)13-6-4-5-12-7-8-16-14(12)13/h4-8,11,16H,9-10H2,1-3H3. The maximum Gasteiger partial charge on any atom is 0.256 e. The number of methoxy groups -OCH3 is 1. The summed E-state index contributed by atoms with van der Waals surface area (Å²) in [5.74, 6) is 0.0418. The highest BCUT2D eigenvalue weighted by atomic mass is 16.5. The summed E-state index contributed by atoms with van der Waals surface area (Å²) in [6.07, 6.45) is 1.86. The number of carbonyl (C=O) groups is 1. The lowest BCUT2D eigenvalue weighted by Crippen LogP contribution is -2.39. The van der Waals surface area contributed by atoms with E-state index in [4.69, 9.17) is 4.74 Å². The number of rotatable bonds is 5. The summed E-state index contributed by atoms with van der Waals surface area (Å²) in [4.78, 5) is 17.6. The number of para-hydroxylation sites is 1. The van der Waals surface area contributed by atoms with Gasteiger partial charge in [-0.15, -0.1) is 0 Å². The first-order valence-electron chi connectivity index (χ1n) is 6.51. The van der Waals surface area contributed by atoms with Crippen LogP contribution in [0.1, 0.15) is 24.2 Å². The summed E-state index contributed by atoms with van der Waals surface area (Å²) < 4.78 is 5.08. The molecule has 1 N–H and O–H groups in total. The fraction of sp³-hybridized carbons (Fsp3) is 0.400. The first-order valence-corrected chi connectivity index (χ1v) is 6.51. The molecular weight excluding hydrogens is 240 g/mol. The predicted molar refractivity (Wildman–Crippen MR) is 76.3 cm³/mol. The van der Waals surface area contributed by atoms with Gasteiger partial charge in [0.2, 0.25) is 0 Å². The van der Waals surface area contributed by atoms with Gasteiger partial charge in [0.05, 0.1) is 17.7 Å². The molecule has 4 heteroatoms. The van der Waals surface area contributed by atoms with E-state index in [0.717, 1.165) is 10.9 Å². The van der Waals surface area contributed by atoms with E-state index in [1.165, 1.54) is 0 Å². The van der Waals surface area contributed by atoms with E-state index in [2.05, 4.69) is 4.98 Å². The molecule has 0 radical (unpaired) electrons. The van der Waals surface area contributed by atoms with E-state index in [1.54, 1.807) is 7.11 Å². The summed E-state index contributed by atoms with van der Waals surface area (Å²) >= 11 is 0. The molecule has 0 aliphatic carbocycles. The zero-order valence-corrected chi connectivity index (χ0v) is 11.6. The maximum absolute atomic E-state index is 12.7. The number of ether oxygens (including phenoxy) is 1. The lowest BCUT2D eigenvalue weighted by atomic mass is 10.1. The number of hydrogen-bond donors (Lipinski definition) is 1. The van der Waals surface area contributed by atoms with Crippen molar-refractivity contribution in [2.45, 2.75) is 19.9 Å². The van der Waals surface area contributed by atoms with Crippen LogP contribution in [0.5, 0.6) is 0 Å². The number of H-pyrrole nitrogens is 1. The van der Waals surface area contributed by atoms with Crippen LogP contribution in [0.15, 0.2) is 30.5 Å². The zero-order chi connectivity index (χ0) is 13.8. The average Bonchev–Trinajstić information content (AvgIpc) is 2.86. The van der Waals surface area contributed by atoms with Gasteiger partial charge in [0.15, 0.2) is 0 Å². The fourth-order valence-corrected chi connectivity index (χ4v) is 2.20.